The zero-order chi connectivity index (χ0) is 18.1. The Labute approximate surface area is 143 Å². The molecule has 2 amide bonds. The van der Waals surface area contributed by atoms with Gasteiger partial charge in [0, 0.05) is 11.6 Å². The van der Waals surface area contributed by atoms with Gasteiger partial charge in [-0.1, -0.05) is 24.3 Å². The zero-order valence-corrected chi connectivity index (χ0v) is 13.0. The number of hydrazone groups is 1. The third-order valence-corrected chi connectivity index (χ3v) is 3.13. The van der Waals surface area contributed by atoms with Crippen molar-refractivity contribution in [1.29, 1.82) is 5.26 Å². The molecule has 0 atom stereocenters. The van der Waals surface area contributed by atoms with Crippen molar-refractivity contribution in [2.24, 2.45) is 5.10 Å². The minimum Gasteiger partial charge on any atom is -0.288 e. The SMILES string of the molecule is N#Cc1ccc(C=NNC(=O)c2ccc(C=CC(=O)NO)cc2)cc1. The lowest BCUT2D eigenvalue weighted by Gasteiger charge is -2.01. The predicted molar refractivity (Wildman–Crippen MR) is 91.6 cm³/mol. The number of hydroxylamine groups is 1. The van der Waals surface area contributed by atoms with Crippen LogP contribution in [0, 0.1) is 11.3 Å². The highest BCUT2D eigenvalue weighted by atomic mass is 16.5. The fraction of sp³-hybridized carbons (Fsp3) is 0. The molecule has 0 aliphatic carbocycles. The van der Waals surface area contributed by atoms with Crippen molar-refractivity contribution in [2.75, 3.05) is 0 Å². The van der Waals surface area contributed by atoms with Crippen LogP contribution in [-0.4, -0.2) is 23.2 Å². The highest BCUT2D eigenvalue weighted by Gasteiger charge is 2.03. The molecule has 0 unspecified atom stereocenters. The van der Waals surface area contributed by atoms with Crippen molar-refractivity contribution in [3.63, 3.8) is 0 Å². The average molecular weight is 334 g/mol. The third kappa shape index (κ3) is 5.42. The molecular weight excluding hydrogens is 320 g/mol. The van der Waals surface area contributed by atoms with Gasteiger partial charge >= 0.3 is 0 Å². The second-order valence-corrected chi connectivity index (χ2v) is 4.86. The van der Waals surface area contributed by atoms with Gasteiger partial charge in [-0.25, -0.2) is 10.9 Å². The number of nitriles is 1. The molecule has 7 nitrogen and oxygen atoms in total. The summed E-state index contributed by atoms with van der Waals surface area (Å²) in [6, 6.07) is 15.3. The molecule has 0 bridgehead atoms. The normalized spacial score (nSPS) is 10.6. The number of nitrogens with zero attached hydrogens (tertiary/aromatic N) is 2. The molecule has 0 aliphatic heterocycles. The molecule has 2 aromatic carbocycles. The number of carbonyl (C=O) groups excluding carboxylic acids is 2. The van der Waals surface area contributed by atoms with Gasteiger partial charge in [-0.05, 0) is 41.5 Å². The van der Waals surface area contributed by atoms with E-state index < -0.39 is 5.91 Å². The van der Waals surface area contributed by atoms with Crippen LogP contribution in [-0.2, 0) is 4.79 Å². The van der Waals surface area contributed by atoms with Gasteiger partial charge in [0.1, 0.15) is 0 Å². The van der Waals surface area contributed by atoms with Gasteiger partial charge in [-0.2, -0.15) is 10.4 Å². The largest absolute Gasteiger partial charge is 0.288 e. The summed E-state index contributed by atoms with van der Waals surface area (Å²) in [5.74, 6) is -1.02. The van der Waals surface area contributed by atoms with E-state index in [1.807, 2.05) is 6.07 Å². The number of benzene rings is 2. The van der Waals surface area contributed by atoms with Crippen LogP contribution in [0.25, 0.3) is 6.08 Å². The van der Waals surface area contributed by atoms with Gasteiger partial charge in [0.15, 0.2) is 0 Å². The van der Waals surface area contributed by atoms with Crippen molar-refractivity contribution in [1.82, 2.24) is 10.9 Å². The van der Waals surface area contributed by atoms with Gasteiger partial charge < -0.3 is 0 Å². The molecule has 0 saturated carbocycles. The Bertz CT molecular complexity index is 847. The molecule has 0 fully saturated rings. The molecular formula is C18H14N4O3. The topological polar surface area (TPSA) is 115 Å². The molecule has 0 spiro atoms. The first-order chi connectivity index (χ1) is 12.1. The van der Waals surface area contributed by atoms with E-state index in [4.69, 9.17) is 10.5 Å². The lowest BCUT2D eigenvalue weighted by Crippen LogP contribution is -2.17. The first kappa shape index (κ1) is 17.6. The molecule has 3 N–H and O–H groups in total. The van der Waals surface area contributed by atoms with Gasteiger partial charge in [-0.15, -0.1) is 0 Å². The quantitative estimate of drug-likeness (QED) is 0.335. The van der Waals surface area contributed by atoms with E-state index in [0.717, 1.165) is 11.6 Å². The summed E-state index contributed by atoms with van der Waals surface area (Å²) in [6.07, 6.45) is 4.14. The minimum atomic E-state index is -0.640. The summed E-state index contributed by atoms with van der Waals surface area (Å²) in [6.45, 7) is 0. The van der Waals surface area contributed by atoms with E-state index in [1.54, 1.807) is 48.5 Å². The molecule has 124 valence electrons. The third-order valence-electron chi connectivity index (χ3n) is 3.13. The van der Waals surface area contributed by atoms with Crippen molar-refractivity contribution in [2.45, 2.75) is 0 Å². The Balaban J connectivity index is 1.94. The molecule has 7 heteroatoms. The molecule has 25 heavy (non-hydrogen) atoms. The Morgan fingerprint density at radius 2 is 1.68 bits per heavy atom. The molecule has 0 aromatic heterocycles. The maximum Gasteiger partial charge on any atom is 0.271 e. The Morgan fingerprint density at radius 1 is 1.04 bits per heavy atom. The summed E-state index contributed by atoms with van der Waals surface area (Å²) in [5.41, 5.74) is 6.29. The van der Waals surface area contributed by atoms with Crippen LogP contribution in [0.1, 0.15) is 27.0 Å². The average Bonchev–Trinajstić information content (AvgIpc) is 2.66. The first-order valence-corrected chi connectivity index (χ1v) is 7.18. The zero-order valence-electron chi connectivity index (χ0n) is 13.0. The van der Waals surface area contributed by atoms with Crippen LogP contribution >= 0.6 is 0 Å². The van der Waals surface area contributed by atoms with E-state index in [-0.39, 0.29) is 5.91 Å². The monoisotopic (exact) mass is 334 g/mol. The van der Waals surface area contributed by atoms with Crippen LogP contribution < -0.4 is 10.9 Å². The summed E-state index contributed by atoms with van der Waals surface area (Å²) < 4.78 is 0. The number of hydrogen-bond donors (Lipinski definition) is 3. The minimum absolute atomic E-state index is 0.381. The van der Waals surface area contributed by atoms with Crippen molar-refractivity contribution in [3.8, 4) is 6.07 Å². The maximum atomic E-state index is 12.0. The van der Waals surface area contributed by atoms with Gasteiger partial charge in [-0.3, -0.25) is 14.8 Å². The van der Waals surface area contributed by atoms with E-state index in [2.05, 4.69) is 10.5 Å². The molecule has 0 saturated heterocycles. The van der Waals surface area contributed by atoms with Crippen LogP contribution in [0.5, 0.6) is 0 Å². The standard InChI is InChI=1S/C18H14N4O3/c19-11-14-1-3-15(4-2-14)12-20-21-18(24)16-8-5-13(6-9-16)7-10-17(23)22-25/h1-10,12,25H,(H,21,24)(H,22,23). The molecule has 0 aliphatic rings. The van der Waals surface area contributed by atoms with E-state index >= 15 is 0 Å². The van der Waals surface area contributed by atoms with Crippen LogP contribution in [0.2, 0.25) is 0 Å². The van der Waals surface area contributed by atoms with E-state index in [1.165, 1.54) is 17.8 Å². The van der Waals surface area contributed by atoms with Gasteiger partial charge in [0.2, 0.25) is 0 Å². The van der Waals surface area contributed by atoms with Crippen molar-refractivity contribution >= 4 is 24.1 Å². The lowest BCUT2D eigenvalue weighted by molar-refractivity contribution is -0.124. The Hall–Kier alpha value is -3.76. The number of amides is 2. The maximum absolute atomic E-state index is 12.0. The fourth-order valence-electron chi connectivity index (χ4n) is 1.83. The number of nitrogens with one attached hydrogen (secondary N) is 2. The van der Waals surface area contributed by atoms with Gasteiger partial charge in [0.05, 0.1) is 17.8 Å². The molecule has 0 radical (unpaired) electrons. The highest BCUT2D eigenvalue weighted by Crippen LogP contribution is 2.06. The van der Waals surface area contributed by atoms with E-state index in [9.17, 15) is 9.59 Å². The smallest absolute Gasteiger partial charge is 0.271 e. The Morgan fingerprint density at radius 3 is 2.28 bits per heavy atom. The second-order valence-electron chi connectivity index (χ2n) is 4.86. The van der Waals surface area contributed by atoms with Crippen molar-refractivity contribution < 1.29 is 14.8 Å². The molecule has 2 aromatic rings. The summed E-state index contributed by atoms with van der Waals surface area (Å²) in [5, 5.41) is 21.0. The molecule has 2 rings (SSSR count). The fourth-order valence-corrected chi connectivity index (χ4v) is 1.83. The van der Waals surface area contributed by atoms with Crippen LogP contribution in [0.4, 0.5) is 0 Å². The summed E-state index contributed by atoms with van der Waals surface area (Å²) in [4.78, 5) is 22.9. The summed E-state index contributed by atoms with van der Waals surface area (Å²) >= 11 is 0. The number of hydrogen-bond acceptors (Lipinski definition) is 5. The second kappa shape index (κ2) is 8.76. The lowest BCUT2D eigenvalue weighted by atomic mass is 10.1. The van der Waals surface area contributed by atoms with Crippen LogP contribution in [0.3, 0.4) is 0 Å². The number of rotatable bonds is 5. The van der Waals surface area contributed by atoms with E-state index in [0.29, 0.717) is 16.7 Å². The predicted octanol–water partition coefficient (Wildman–Crippen LogP) is 1.84. The van der Waals surface area contributed by atoms with Crippen molar-refractivity contribution in [3.05, 3.63) is 76.9 Å². The highest BCUT2D eigenvalue weighted by molar-refractivity contribution is 5.95. The van der Waals surface area contributed by atoms with Gasteiger partial charge in [0.25, 0.3) is 11.8 Å². The van der Waals surface area contributed by atoms with Crippen LogP contribution in [0.15, 0.2) is 59.7 Å². The Kier molecular flexibility index (Phi) is 6.17. The summed E-state index contributed by atoms with van der Waals surface area (Å²) in [7, 11) is 0. The first-order valence-electron chi connectivity index (χ1n) is 7.18. The number of carbonyl (C=O) groups is 2. The molecule has 0 heterocycles.